The molecule has 7 heteroatoms. The summed E-state index contributed by atoms with van der Waals surface area (Å²) in [5.74, 6) is 0.176. The van der Waals surface area contributed by atoms with Gasteiger partial charge in [-0.05, 0) is 63.1 Å². The molecule has 0 saturated carbocycles. The summed E-state index contributed by atoms with van der Waals surface area (Å²) in [7, 11) is -2.31. The molecule has 2 rings (SSSR count). The van der Waals surface area contributed by atoms with Crippen LogP contribution in [0.2, 0.25) is 0 Å². The van der Waals surface area contributed by atoms with Crippen LogP contribution in [-0.2, 0) is 14.8 Å². The zero-order chi connectivity index (χ0) is 19.5. The summed E-state index contributed by atoms with van der Waals surface area (Å²) >= 11 is 0. The van der Waals surface area contributed by atoms with Crippen LogP contribution in [0.4, 0.5) is 5.69 Å². The van der Waals surface area contributed by atoms with Gasteiger partial charge in [-0.15, -0.1) is 0 Å². The van der Waals surface area contributed by atoms with Crippen molar-refractivity contribution in [2.24, 2.45) is 0 Å². The Morgan fingerprint density at radius 1 is 1.04 bits per heavy atom. The maximum Gasteiger partial charge on any atom is 0.242 e. The Morgan fingerprint density at radius 3 is 2.31 bits per heavy atom. The van der Waals surface area contributed by atoms with E-state index in [1.807, 2.05) is 26.0 Å². The Kier molecular flexibility index (Phi) is 6.05. The zero-order valence-corrected chi connectivity index (χ0v) is 16.4. The van der Waals surface area contributed by atoms with E-state index >= 15 is 0 Å². The van der Waals surface area contributed by atoms with E-state index in [-0.39, 0.29) is 4.90 Å². The standard InChI is InChI=1S/C19H24N2O4S/c1-12-6-8-17(13(2)10-12)20-19(22)15(4)21-26(23,24)16-7-9-18(25-5)14(3)11-16/h6-11,15,21H,1-5H3,(H,20,22)/t15-/m1/s1. The molecule has 0 saturated heterocycles. The van der Waals surface area contributed by atoms with Crippen LogP contribution in [0.15, 0.2) is 41.3 Å². The summed E-state index contributed by atoms with van der Waals surface area (Å²) in [6, 6.07) is 9.25. The first-order valence-corrected chi connectivity index (χ1v) is 9.67. The predicted molar refractivity (Wildman–Crippen MR) is 102 cm³/mol. The van der Waals surface area contributed by atoms with Crippen LogP contribution < -0.4 is 14.8 Å². The number of rotatable bonds is 6. The zero-order valence-electron chi connectivity index (χ0n) is 15.6. The molecule has 0 fully saturated rings. The van der Waals surface area contributed by atoms with Crippen molar-refractivity contribution in [3.05, 3.63) is 53.1 Å². The fourth-order valence-corrected chi connectivity index (χ4v) is 3.85. The second-order valence-corrected chi connectivity index (χ2v) is 8.00. The number of aryl methyl sites for hydroxylation is 3. The lowest BCUT2D eigenvalue weighted by Crippen LogP contribution is -2.41. The normalized spacial score (nSPS) is 12.5. The topological polar surface area (TPSA) is 84.5 Å². The van der Waals surface area contributed by atoms with Gasteiger partial charge in [-0.25, -0.2) is 8.42 Å². The molecule has 0 aliphatic rings. The van der Waals surface area contributed by atoms with E-state index in [2.05, 4.69) is 10.0 Å². The highest BCUT2D eigenvalue weighted by molar-refractivity contribution is 7.89. The smallest absolute Gasteiger partial charge is 0.242 e. The molecule has 0 aromatic heterocycles. The number of benzene rings is 2. The van der Waals surface area contributed by atoms with Gasteiger partial charge in [0.15, 0.2) is 0 Å². The van der Waals surface area contributed by atoms with Gasteiger partial charge in [-0.3, -0.25) is 4.79 Å². The minimum Gasteiger partial charge on any atom is -0.496 e. The quantitative estimate of drug-likeness (QED) is 0.812. The summed E-state index contributed by atoms with van der Waals surface area (Å²) in [6.45, 7) is 7.12. The molecule has 0 aliphatic carbocycles. The minimum atomic E-state index is -3.83. The van der Waals surface area contributed by atoms with Crippen molar-refractivity contribution in [3.8, 4) is 5.75 Å². The number of sulfonamides is 1. The third kappa shape index (κ3) is 4.62. The summed E-state index contributed by atoms with van der Waals surface area (Å²) in [4.78, 5) is 12.5. The highest BCUT2D eigenvalue weighted by Gasteiger charge is 2.23. The number of carbonyl (C=O) groups excluding carboxylic acids is 1. The monoisotopic (exact) mass is 376 g/mol. The number of hydrogen-bond donors (Lipinski definition) is 2. The molecule has 0 aliphatic heterocycles. The van der Waals surface area contributed by atoms with Crippen LogP contribution in [0.5, 0.6) is 5.75 Å². The lowest BCUT2D eigenvalue weighted by Gasteiger charge is -2.16. The average molecular weight is 376 g/mol. The van der Waals surface area contributed by atoms with Gasteiger partial charge in [0, 0.05) is 5.69 Å². The van der Waals surface area contributed by atoms with Crippen LogP contribution in [0, 0.1) is 20.8 Å². The molecule has 2 aromatic rings. The molecule has 0 spiro atoms. The Balaban J connectivity index is 2.13. The Bertz CT molecular complexity index is 923. The van der Waals surface area contributed by atoms with E-state index in [9.17, 15) is 13.2 Å². The van der Waals surface area contributed by atoms with E-state index in [0.717, 1.165) is 11.1 Å². The minimum absolute atomic E-state index is 0.0852. The van der Waals surface area contributed by atoms with Crippen molar-refractivity contribution in [1.29, 1.82) is 0 Å². The molecule has 0 radical (unpaired) electrons. The summed E-state index contributed by atoms with van der Waals surface area (Å²) in [5, 5.41) is 2.75. The van der Waals surface area contributed by atoms with E-state index < -0.39 is 22.0 Å². The van der Waals surface area contributed by atoms with Gasteiger partial charge in [0.05, 0.1) is 18.0 Å². The van der Waals surface area contributed by atoms with Gasteiger partial charge in [-0.1, -0.05) is 17.7 Å². The maximum absolute atomic E-state index is 12.5. The van der Waals surface area contributed by atoms with Gasteiger partial charge in [0.2, 0.25) is 15.9 Å². The number of hydrogen-bond acceptors (Lipinski definition) is 4. The van der Waals surface area contributed by atoms with Gasteiger partial charge in [0.1, 0.15) is 5.75 Å². The van der Waals surface area contributed by atoms with Gasteiger partial charge in [-0.2, -0.15) is 4.72 Å². The van der Waals surface area contributed by atoms with Crippen LogP contribution >= 0.6 is 0 Å². The number of nitrogens with one attached hydrogen (secondary N) is 2. The second kappa shape index (κ2) is 7.88. The largest absolute Gasteiger partial charge is 0.496 e. The van der Waals surface area contributed by atoms with Crippen molar-refractivity contribution < 1.29 is 17.9 Å². The molecule has 2 N–H and O–H groups in total. The first kappa shape index (κ1) is 19.9. The lowest BCUT2D eigenvalue weighted by molar-refractivity contribution is -0.117. The molecule has 2 aromatic carbocycles. The van der Waals surface area contributed by atoms with Crippen molar-refractivity contribution in [1.82, 2.24) is 4.72 Å². The molecule has 0 heterocycles. The third-order valence-electron chi connectivity index (χ3n) is 4.04. The molecule has 1 amide bonds. The Hall–Kier alpha value is -2.38. The lowest BCUT2D eigenvalue weighted by atomic mass is 10.1. The fourth-order valence-electron chi connectivity index (χ4n) is 2.57. The van der Waals surface area contributed by atoms with Gasteiger partial charge < -0.3 is 10.1 Å². The Labute approximate surface area is 154 Å². The van der Waals surface area contributed by atoms with E-state index in [0.29, 0.717) is 17.0 Å². The molecule has 26 heavy (non-hydrogen) atoms. The summed E-state index contributed by atoms with van der Waals surface area (Å²) in [6.07, 6.45) is 0. The fraction of sp³-hybridized carbons (Fsp3) is 0.316. The van der Waals surface area contributed by atoms with Crippen LogP contribution in [0.3, 0.4) is 0 Å². The third-order valence-corrected chi connectivity index (χ3v) is 5.58. The number of carbonyl (C=O) groups is 1. The molecule has 0 bridgehead atoms. The molecular formula is C19H24N2O4S. The average Bonchev–Trinajstić information content (AvgIpc) is 2.56. The Morgan fingerprint density at radius 2 is 1.73 bits per heavy atom. The van der Waals surface area contributed by atoms with Crippen molar-refractivity contribution in [2.75, 3.05) is 12.4 Å². The highest BCUT2D eigenvalue weighted by Crippen LogP contribution is 2.21. The van der Waals surface area contributed by atoms with Crippen LogP contribution in [0.1, 0.15) is 23.6 Å². The van der Waals surface area contributed by atoms with Gasteiger partial charge in [0.25, 0.3) is 0 Å². The summed E-state index contributed by atoms with van der Waals surface area (Å²) < 4.78 is 32.6. The van der Waals surface area contributed by atoms with Gasteiger partial charge >= 0.3 is 0 Å². The van der Waals surface area contributed by atoms with E-state index in [1.165, 1.54) is 26.2 Å². The molecule has 1 atom stereocenters. The first-order valence-electron chi connectivity index (χ1n) is 8.19. The van der Waals surface area contributed by atoms with E-state index in [1.54, 1.807) is 19.1 Å². The van der Waals surface area contributed by atoms with Crippen LogP contribution in [-0.4, -0.2) is 27.5 Å². The first-order chi connectivity index (χ1) is 12.1. The van der Waals surface area contributed by atoms with E-state index in [4.69, 9.17) is 4.74 Å². The predicted octanol–water partition coefficient (Wildman–Crippen LogP) is 2.93. The number of ether oxygens (including phenoxy) is 1. The molecular weight excluding hydrogens is 352 g/mol. The molecule has 0 unspecified atom stereocenters. The summed E-state index contributed by atoms with van der Waals surface area (Å²) in [5.41, 5.74) is 3.36. The number of methoxy groups -OCH3 is 1. The van der Waals surface area contributed by atoms with Crippen molar-refractivity contribution >= 4 is 21.6 Å². The van der Waals surface area contributed by atoms with Crippen molar-refractivity contribution in [2.45, 2.75) is 38.6 Å². The molecule has 6 nitrogen and oxygen atoms in total. The van der Waals surface area contributed by atoms with Crippen LogP contribution in [0.25, 0.3) is 0 Å². The molecule has 140 valence electrons. The highest BCUT2D eigenvalue weighted by atomic mass is 32.2. The maximum atomic E-state index is 12.5. The number of amides is 1. The second-order valence-electron chi connectivity index (χ2n) is 6.28. The SMILES string of the molecule is COc1ccc(S(=O)(=O)N[C@H](C)C(=O)Nc2ccc(C)cc2C)cc1C. The number of anilines is 1. The van der Waals surface area contributed by atoms with Crippen molar-refractivity contribution in [3.63, 3.8) is 0 Å².